The van der Waals surface area contributed by atoms with Crippen molar-refractivity contribution in [3.8, 4) is 0 Å². The minimum absolute atomic E-state index is 0.156. The molecule has 0 aromatic heterocycles. The van der Waals surface area contributed by atoms with E-state index in [1.807, 2.05) is 13.0 Å². The number of aliphatic hydroxyl groups excluding tert-OH is 1. The SMILES string of the molecule is C/C(=C\C=C\C(C)CCCCC(C)CC/C=C(\C)CCC1C(C)CCCC1(C)C)CO. The standard InChI is InChI=1S/C30H54O/c1-24(13-8-9-14-25(2)16-11-18-27(4)23-31)15-10-17-26(3)20-21-29-28(5)19-12-22-30(29,6)7/h11,16-18,24-25,28-29,31H,8-10,12-15,19-23H2,1-7H3/b16-11+,26-17+,27-18+. The van der Waals surface area contributed by atoms with Crippen molar-refractivity contribution >= 4 is 0 Å². The highest BCUT2D eigenvalue weighted by molar-refractivity contribution is 5.11. The lowest BCUT2D eigenvalue weighted by molar-refractivity contribution is 0.0767. The van der Waals surface area contributed by atoms with Gasteiger partial charge in [-0.2, -0.15) is 0 Å². The van der Waals surface area contributed by atoms with Crippen molar-refractivity contribution in [1.29, 1.82) is 0 Å². The topological polar surface area (TPSA) is 20.2 Å². The molecule has 31 heavy (non-hydrogen) atoms. The quantitative estimate of drug-likeness (QED) is 0.165. The average Bonchev–Trinajstić information content (AvgIpc) is 2.70. The zero-order valence-corrected chi connectivity index (χ0v) is 22.1. The Balaban J connectivity index is 2.18. The summed E-state index contributed by atoms with van der Waals surface area (Å²) in [6.45, 7) is 16.7. The molecule has 0 saturated heterocycles. The molecule has 0 aliphatic heterocycles. The van der Waals surface area contributed by atoms with Gasteiger partial charge in [-0.05, 0) is 87.0 Å². The molecule has 1 N–H and O–H groups in total. The molecule has 1 saturated carbocycles. The number of unbranched alkanes of at least 4 members (excludes halogenated alkanes) is 1. The monoisotopic (exact) mass is 430 g/mol. The van der Waals surface area contributed by atoms with Crippen LogP contribution in [0, 0.1) is 29.1 Å². The van der Waals surface area contributed by atoms with E-state index in [4.69, 9.17) is 5.11 Å². The Morgan fingerprint density at radius 2 is 1.77 bits per heavy atom. The Labute approximate surface area is 195 Å². The molecule has 1 fully saturated rings. The summed E-state index contributed by atoms with van der Waals surface area (Å²) in [5.41, 5.74) is 3.18. The summed E-state index contributed by atoms with van der Waals surface area (Å²) in [6, 6.07) is 0. The van der Waals surface area contributed by atoms with Gasteiger partial charge in [-0.15, -0.1) is 0 Å². The number of hydrogen-bond acceptors (Lipinski definition) is 1. The molecule has 0 bridgehead atoms. The largest absolute Gasteiger partial charge is 0.392 e. The Morgan fingerprint density at radius 3 is 2.45 bits per heavy atom. The first-order chi connectivity index (χ1) is 14.7. The summed E-state index contributed by atoms with van der Waals surface area (Å²) in [5.74, 6) is 3.26. The fraction of sp³-hybridized carbons (Fsp3) is 0.800. The lowest BCUT2D eigenvalue weighted by atomic mass is 9.62. The van der Waals surface area contributed by atoms with E-state index in [9.17, 15) is 0 Å². The van der Waals surface area contributed by atoms with Gasteiger partial charge in [-0.3, -0.25) is 0 Å². The molecule has 4 atom stereocenters. The molecule has 0 radical (unpaired) electrons. The second kappa shape index (κ2) is 15.1. The van der Waals surface area contributed by atoms with Crippen LogP contribution in [0.1, 0.15) is 119 Å². The van der Waals surface area contributed by atoms with Crippen molar-refractivity contribution in [2.24, 2.45) is 29.1 Å². The van der Waals surface area contributed by atoms with E-state index in [1.54, 1.807) is 5.57 Å². The van der Waals surface area contributed by atoms with Crippen molar-refractivity contribution in [3.63, 3.8) is 0 Å². The molecule has 1 nitrogen and oxygen atoms in total. The maximum atomic E-state index is 9.02. The predicted octanol–water partition coefficient (Wildman–Crippen LogP) is 9.28. The zero-order valence-electron chi connectivity index (χ0n) is 22.1. The molecule has 0 aromatic carbocycles. The van der Waals surface area contributed by atoms with E-state index in [0.717, 1.165) is 23.3 Å². The Bertz CT molecular complexity index is 565. The highest BCUT2D eigenvalue weighted by Crippen LogP contribution is 2.46. The molecular weight excluding hydrogens is 376 g/mol. The van der Waals surface area contributed by atoms with Crippen LogP contribution in [0.5, 0.6) is 0 Å². The van der Waals surface area contributed by atoms with E-state index in [-0.39, 0.29) is 6.61 Å². The van der Waals surface area contributed by atoms with Gasteiger partial charge >= 0.3 is 0 Å². The van der Waals surface area contributed by atoms with E-state index in [0.29, 0.717) is 11.3 Å². The van der Waals surface area contributed by atoms with Gasteiger partial charge < -0.3 is 5.11 Å². The summed E-state index contributed by atoms with van der Waals surface area (Å²) in [6.07, 6.45) is 23.8. The highest BCUT2D eigenvalue weighted by atomic mass is 16.3. The van der Waals surface area contributed by atoms with Gasteiger partial charge in [0.15, 0.2) is 0 Å². The normalized spacial score (nSPS) is 24.5. The van der Waals surface area contributed by atoms with Gasteiger partial charge in [0.25, 0.3) is 0 Å². The van der Waals surface area contributed by atoms with Crippen LogP contribution in [-0.4, -0.2) is 11.7 Å². The van der Waals surface area contributed by atoms with Crippen LogP contribution in [0.3, 0.4) is 0 Å². The Hall–Kier alpha value is -0.820. The van der Waals surface area contributed by atoms with Gasteiger partial charge in [0.05, 0.1) is 6.61 Å². The molecular formula is C30H54O. The van der Waals surface area contributed by atoms with Gasteiger partial charge in [-0.25, -0.2) is 0 Å². The molecule has 0 aromatic rings. The third-order valence-electron chi connectivity index (χ3n) is 7.85. The molecule has 0 amide bonds. The fourth-order valence-corrected chi connectivity index (χ4v) is 5.47. The Morgan fingerprint density at radius 1 is 1.06 bits per heavy atom. The number of rotatable bonds is 14. The first-order valence-electron chi connectivity index (χ1n) is 13.3. The predicted molar refractivity (Wildman–Crippen MR) is 139 cm³/mol. The van der Waals surface area contributed by atoms with E-state index in [1.165, 1.54) is 70.6 Å². The van der Waals surface area contributed by atoms with Crippen molar-refractivity contribution < 1.29 is 5.11 Å². The van der Waals surface area contributed by atoms with E-state index in [2.05, 4.69) is 59.8 Å². The maximum absolute atomic E-state index is 9.02. The minimum atomic E-state index is 0.156. The first-order valence-corrected chi connectivity index (χ1v) is 13.3. The number of allylic oxidation sites excluding steroid dienone is 5. The van der Waals surface area contributed by atoms with Crippen molar-refractivity contribution in [2.45, 2.75) is 119 Å². The van der Waals surface area contributed by atoms with Gasteiger partial charge in [0.2, 0.25) is 0 Å². The molecule has 1 aliphatic carbocycles. The minimum Gasteiger partial charge on any atom is -0.392 e. The molecule has 4 unspecified atom stereocenters. The Kier molecular flexibility index (Phi) is 13.7. The smallest absolute Gasteiger partial charge is 0.0642 e. The van der Waals surface area contributed by atoms with Crippen LogP contribution >= 0.6 is 0 Å². The average molecular weight is 431 g/mol. The van der Waals surface area contributed by atoms with Crippen LogP contribution in [0.2, 0.25) is 0 Å². The molecule has 0 heterocycles. The second-order valence-corrected chi connectivity index (χ2v) is 11.6. The third-order valence-corrected chi connectivity index (χ3v) is 7.85. The zero-order chi connectivity index (χ0) is 23.3. The fourth-order valence-electron chi connectivity index (χ4n) is 5.47. The van der Waals surface area contributed by atoms with Gasteiger partial charge in [0.1, 0.15) is 0 Å². The summed E-state index contributed by atoms with van der Waals surface area (Å²) in [4.78, 5) is 0. The molecule has 0 spiro atoms. The van der Waals surface area contributed by atoms with E-state index < -0.39 is 0 Å². The van der Waals surface area contributed by atoms with Crippen LogP contribution in [0.25, 0.3) is 0 Å². The molecule has 180 valence electrons. The third kappa shape index (κ3) is 12.1. The van der Waals surface area contributed by atoms with Crippen molar-refractivity contribution in [1.82, 2.24) is 0 Å². The molecule has 1 rings (SSSR count). The summed E-state index contributed by atoms with van der Waals surface area (Å²) >= 11 is 0. The number of hydrogen-bond donors (Lipinski definition) is 1. The summed E-state index contributed by atoms with van der Waals surface area (Å²) in [7, 11) is 0. The van der Waals surface area contributed by atoms with Crippen LogP contribution < -0.4 is 0 Å². The summed E-state index contributed by atoms with van der Waals surface area (Å²) < 4.78 is 0. The van der Waals surface area contributed by atoms with Crippen LogP contribution in [-0.2, 0) is 0 Å². The first kappa shape index (κ1) is 28.2. The van der Waals surface area contributed by atoms with E-state index >= 15 is 0 Å². The van der Waals surface area contributed by atoms with Crippen LogP contribution in [0.15, 0.2) is 35.5 Å². The van der Waals surface area contributed by atoms with Crippen LogP contribution in [0.4, 0.5) is 0 Å². The molecule has 1 aliphatic rings. The van der Waals surface area contributed by atoms with Crippen molar-refractivity contribution in [3.05, 3.63) is 35.5 Å². The highest BCUT2D eigenvalue weighted by Gasteiger charge is 2.36. The maximum Gasteiger partial charge on any atom is 0.0642 e. The summed E-state index contributed by atoms with van der Waals surface area (Å²) in [5, 5.41) is 9.02. The lowest BCUT2D eigenvalue weighted by Crippen LogP contribution is -2.33. The van der Waals surface area contributed by atoms with Crippen molar-refractivity contribution in [2.75, 3.05) is 6.61 Å². The van der Waals surface area contributed by atoms with Gasteiger partial charge in [-0.1, -0.05) is 96.6 Å². The second-order valence-electron chi connectivity index (χ2n) is 11.6. The lowest BCUT2D eigenvalue weighted by Gasteiger charge is -2.43. The number of aliphatic hydroxyl groups is 1. The van der Waals surface area contributed by atoms with Gasteiger partial charge in [0, 0.05) is 0 Å². The molecule has 1 heteroatoms.